The van der Waals surface area contributed by atoms with Gasteiger partial charge in [0.05, 0.1) is 25.0 Å². The van der Waals surface area contributed by atoms with E-state index in [1.165, 1.54) is 0 Å². The topological polar surface area (TPSA) is 114 Å². The van der Waals surface area contributed by atoms with Gasteiger partial charge in [-0.1, -0.05) is 18.2 Å². The summed E-state index contributed by atoms with van der Waals surface area (Å²) in [6, 6.07) is 15.1. The number of carbonyl (C=O) groups is 1. The van der Waals surface area contributed by atoms with E-state index in [-0.39, 0.29) is 12.5 Å². The molecule has 0 radical (unpaired) electrons. The van der Waals surface area contributed by atoms with Gasteiger partial charge in [0.25, 0.3) is 0 Å². The summed E-state index contributed by atoms with van der Waals surface area (Å²) in [5.41, 5.74) is 11.0. The summed E-state index contributed by atoms with van der Waals surface area (Å²) in [7, 11) is 1.58. The van der Waals surface area contributed by atoms with Crippen molar-refractivity contribution in [2.24, 2.45) is 4.99 Å². The molecule has 0 unspecified atom stereocenters. The molecule has 0 saturated heterocycles. The number of hydrogen-bond acceptors (Lipinski definition) is 7. The van der Waals surface area contributed by atoms with Crippen LogP contribution in [0.2, 0.25) is 0 Å². The minimum absolute atomic E-state index is 0.131. The van der Waals surface area contributed by atoms with Crippen LogP contribution >= 0.6 is 0 Å². The number of hydrogen-bond donors (Lipinski definition) is 2. The van der Waals surface area contributed by atoms with Crippen molar-refractivity contribution in [3.05, 3.63) is 60.3 Å². The van der Waals surface area contributed by atoms with Crippen molar-refractivity contribution >= 4 is 29.0 Å². The number of nitrogens with two attached hydrogens (primary N) is 1. The molecule has 8 nitrogen and oxygen atoms in total. The summed E-state index contributed by atoms with van der Waals surface area (Å²) in [5.74, 6) is -0.00865. The number of fused-ring (bicyclic) bond motifs is 1. The SMILES string of the molecule is COc1cccc(N(CC(=O)O)CC2=Nc3cc(-c4ccnc(N)n4)ccc3C2)c1. The van der Waals surface area contributed by atoms with Crippen LogP contribution in [-0.2, 0) is 11.2 Å². The predicted molar refractivity (Wildman–Crippen MR) is 116 cm³/mol. The van der Waals surface area contributed by atoms with Crippen LogP contribution in [0.5, 0.6) is 5.75 Å². The number of carboxylic acids is 1. The molecule has 1 aliphatic rings. The molecule has 0 spiro atoms. The highest BCUT2D eigenvalue weighted by molar-refractivity contribution is 5.98. The van der Waals surface area contributed by atoms with E-state index in [0.717, 1.165) is 33.9 Å². The molecule has 3 N–H and O–H groups in total. The zero-order chi connectivity index (χ0) is 21.1. The maximum Gasteiger partial charge on any atom is 0.323 e. The number of carboxylic acid groups (broad SMARTS) is 1. The van der Waals surface area contributed by atoms with Gasteiger partial charge in [-0.3, -0.25) is 9.79 Å². The van der Waals surface area contributed by atoms with Gasteiger partial charge >= 0.3 is 5.97 Å². The van der Waals surface area contributed by atoms with Gasteiger partial charge in [-0.2, -0.15) is 0 Å². The maximum atomic E-state index is 11.4. The Morgan fingerprint density at radius 2 is 2.10 bits per heavy atom. The molecule has 0 aliphatic carbocycles. The zero-order valence-corrected chi connectivity index (χ0v) is 16.4. The molecule has 2 heterocycles. The highest BCUT2D eigenvalue weighted by atomic mass is 16.5. The van der Waals surface area contributed by atoms with Gasteiger partial charge < -0.3 is 20.5 Å². The van der Waals surface area contributed by atoms with Crippen LogP contribution in [0.4, 0.5) is 17.3 Å². The van der Waals surface area contributed by atoms with Crippen LogP contribution in [0.25, 0.3) is 11.3 Å². The molecule has 0 saturated carbocycles. The predicted octanol–water partition coefficient (Wildman–Crippen LogP) is 2.95. The van der Waals surface area contributed by atoms with Gasteiger partial charge in [0, 0.05) is 35.6 Å². The van der Waals surface area contributed by atoms with Gasteiger partial charge in [-0.05, 0) is 29.8 Å². The lowest BCUT2D eigenvalue weighted by Gasteiger charge is -2.23. The largest absolute Gasteiger partial charge is 0.497 e. The molecule has 152 valence electrons. The molecule has 4 rings (SSSR count). The smallest absolute Gasteiger partial charge is 0.323 e. The second-order valence-corrected chi connectivity index (χ2v) is 6.95. The fourth-order valence-electron chi connectivity index (χ4n) is 3.46. The van der Waals surface area contributed by atoms with Gasteiger partial charge in [0.2, 0.25) is 5.95 Å². The minimum atomic E-state index is -0.905. The van der Waals surface area contributed by atoms with Crippen molar-refractivity contribution in [1.82, 2.24) is 9.97 Å². The monoisotopic (exact) mass is 403 g/mol. The average Bonchev–Trinajstić information content (AvgIpc) is 3.14. The Labute approximate surface area is 173 Å². The molecule has 30 heavy (non-hydrogen) atoms. The Kier molecular flexibility index (Phi) is 5.30. The normalized spacial score (nSPS) is 12.2. The van der Waals surface area contributed by atoms with E-state index in [9.17, 15) is 9.90 Å². The van der Waals surface area contributed by atoms with Crippen LogP contribution < -0.4 is 15.4 Å². The second kappa shape index (κ2) is 8.20. The highest BCUT2D eigenvalue weighted by Crippen LogP contribution is 2.32. The standard InChI is InChI=1S/C22H21N5O3/c1-30-18-4-2-3-17(11-18)27(13-21(28)29)12-16-9-14-5-6-15(10-20(14)25-16)19-7-8-24-22(23)26-19/h2-8,10-11H,9,12-13H2,1H3,(H,28,29)(H2,23,24,26). The number of aliphatic imine (C=N–C) groups is 1. The fourth-order valence-corrected chi connectivity index (χ4v) is 3.46. The van der Waals surface area contributed by atoms with Gasteiger partial charge in [-0.15, -0.1) is 0 Å². The Bertz CT molecular complexity index is 1130. The van der Waals surface area contributed by atoms with Crippen molar-refractivity contribution in [2.45, 2.75) is 6.42 Å². The molecular weight excluding hydrogens is 382 g/mol. The molecule has 0 fully saturated rings. The molecule has 2 aromatic carbocycles. The quantitative estimate of drug-likeness (QED) is 0.623. The molecule has 3 aromatic rings. The summed E-state index contributed by atoms with van der Waals surface area (Å²) in [4.78, 5) is 26.1. The van der Waals surface area contributed by atoms with Gasteiger partial charge in [0.1, 0.15) is 12.3 Å². The third-order valence-corrected chi connectivity index (χ3v) is 4.85. The van der Waals surface area contributed by atoms with Crippen molar-refractivity contribution in [1.29, 1.82) is 0 Å². The van der Waals surface area contributed by atoms with Crippen LogP contribution in [0.3, 0.4) is 0 Å². The van der Waals surface area contributed by atoms with Crippen LogP contribution in [-0.4, -0.2) is 47.0 Å². The Balaban J connectivity index is 1.58. The van der Waals surface area contributed by atoms with E-state index in [1.807, 2.05) is 42.5 Å². The number of benzene rings is 2. The lowest BCUT2D eigenvalue weighted by atomic mass is 10.0. The first-order chi connectivity index (χ1) is 14.5. The Hall–Kier alpha value is -3.94. The van der Waals surface area contributed by atoms with Crippen molar-refractivity contribution in [3.63, 3.8) is 0 Å². The number of nitrogens with zero attached hydrogens (tertiary/aromatic N) is 4. The fraction of sp³-hybridized carbons (Fsp3) is 0.182. The number of anilines is 2. The molecule has 0 amide bonds. The van der Waals surface area contributed by atoms with Crippen LogP contribution in [0.15, 0.2) is 59.7 Å². The first-order valence-electron chi connectivity index (χ1n) is 9.41. The molecule has 1 aromatic heterocycles. The first kappa shape index (κ1) is 19.4. The molecule has 1 aliphatic heterocycles. The lowest BCUT2D eigenvalue weighted by Crippen LogP contribution is -2.34. The summed E-state index contributed by atoms with van der Waals surface area (Å²) < 4.78 is 5.27. The molecule has 0 bridgehead atoms. The zero-order valence-electron chi connectivity index (χ0n) is 16.4. The summed E-state index contributed by atoms with van der Waals surface area (Å²) in [5, 5.41) is 9.37. The van der Waals surface area contributed by atoms with Crippen LogP contribution in [0.1, 0.15) is 5.56 Å². The van der Waals surface area contributed by atoms with Crippen LogP contribution in [0, 0.1) is 0 Å². The third-order valence-electron chi connectivity index (χ3n) is 4.85. The van der Waals surface area contributed by atoms with Gasteiger partial charge in [-0.25, -0.2) is 9.97 Å². The Morgan fingerprint density at radius 3 is 2.87 bits per heavy atom. The Morgan fingerprint density at radius 1 is 1.23 bits per heavy atom. The van der Waals surface area contributed by atoms with E-state index in [1.54, 1.807) is 24.3 Å². The molecule has 0 atom stereocenters. The molecule has 8 heteroatoms. The van der Waals surface area contributed by atoms with Crippen molar-refractivity contribution in [2.75, 3.05) is 30.8 Å². The molecular formula is C22H21N5O3. The minimum Gasteiger partial charge on any atom is -0.497 e. The summed E-state index contributed by atoms with van der Waals surface area (Å²) >= 11 is 0. The number of methoxy groups -OCH3 is 1. The third kappa shape index (κ3) is 4.22. The number of nitrogen functional groups attached to an aromatic ring is 1. The summed E-state index contributed by atoms with van der Waals surface area (Å²) in [6.07, 6.45) is 2.29. The van der Waals surface area contributed by atoms with Crippen molar-refractivity contribution < 1.29 is 14.6 Å². The summed E-state index contributed by atoms with van der Waals surface area (Å²) in [6.45, 7) is 0.276. The average molecular weight is 403 g/mol. The van der Waals surface area contributed by atoms with E-state index >= 15 is 0 Å². The lowest BCUT2D eigenvalue weighted by molar-refractivity contribution is -0.135. The van der Waals surface area contributed by atoms with E-state index in [2.05, 4.69) is 9.97 Å². The van der Waals surface area contributed by atoms with E-state index in [0.29, 0.717) is 18.7 Å². The second-order valence-electron chi connectivity index (χ2n) is 6.95. The highest BCUT2D eigenvalue weighted by Gasteiger charge is 2.20. The first-order valence-corrected chi connectivity index (χ1v) is 9.41. The van der Waals surface area contributed by atoms with Crippen molar-refractivity contribution in [3.8, 4) is 17.0 Å². The number of aromatic nitrogens is 2. The maximum absolute atomic E-state index is 11.4. The number of rotatable bonds is 7. The number of aliphatic carboxylic acids is 1. The van der Waals surface area contributed by atoms with E-state index < -0.39 is 5.97 Å². The van der Waals surface area contributed by atoms with E-state index in [4.69, 9.17) is 15.5 Å². The van der Waals surface area contributed by atoms with Gasteiger partial charge in [0.15, 0.2) is 0 Å². The number of ether oxygens (including phenoxy) is 1.